The van der Waals surface area contributed by atoms with Gasteiger partial charge in [0.2, 0.25) is 5.91 Å². The van der Waals surface area contributed by atoms with Gasteiger partial charge in [0.1, 0.15) is 0 Å². The number of hydrogen-bond donors (Lipinski definition) is 0. The molecule has 1 aliphatic rings. The third kappa shape index (κ3) is 4.10. The number of aromatic nitrogens is 3. The zero-order valence-corrected chi connectivity index (χ0v) is 14.0. The fourth-order valence-electron chi connectivity index (χ4n) is 2.48. The van der Waals surface area contributed by atoms with Gasteiger partial charge in [0.05, 0.1) is 16.3 Å². The van der Waals surface area contributed by atoms with E-state index in [1.165, 1.54) is 18.2 Å². The first-order valence-corrected chi connectivity index (χ1v) is 8.94. The Morgan fingerprint density at radius 3 is 2.78 bits per heavy atom. The number of carbonyl (C=O) groups excluding carboxylic acids is 1. The monoisotopic (exact) mass is 332 g/mol. The highest BCUT2D eigenvalue weighted by molar-refractivity contribution is 7.99. The smallest absolute Gasteiger partial charge is 0.259 e. The minimum atomic E-state index is 0.199. The van der Waals surface area contributed by atoms with Gasteiger partial charge in [0, 0.05) is 25.7 Å². The van der Waals surface area contributed by atoms with Gasteiger partial charge in [-0.15, -0.1) is 0 Å². The second-order valence-corrected chi connectivity index (χ2v) is 6.48. The average molecular weight is 332 g/mol. The molecule has 122 valence electrons. The van der Waals surface area contributed by atoms with Crippen molar-refractivity contribution < 1.29 is 9.32 Å². The summed E-state index contributed by atoms with van der Waals surface area (Å²) < 4.78 is 5.19. The summed E-state index contributed by atoms with van der Waals surface area (Å²) in [6.45, 7) is 3.76. The van der Waals surface area contributed by atoms with E-state index in [1.54, 1.807) is 6.20 Å². The van der Waals surface area contributed by atoms with Crippen molar-refractivity contribution in [1.29, 1.82) is 0 Å². The van der Waals surface area contributed by atoms with Crippen molar-refractivity contribution >= 4 is 17.7 Å². The summed E-state index contributed by atoms with van der Waals surface area (Å²) >= 11 is 1.47. The molecule has 1 fully saturated rings. The Bertz CT molecular complexity index is 650. The number of pyridine rings is 1. The first-order valence-electron chi connectivity index (χ1n) is 7.96. The fraction of sp³-hybridized carbons (Fsp3) is 0.500. The number of amides is 1. The van der Waals surface area contributed by atoms with Gasteiger partial charge in [-0.25, -0.2) is 4.98 Å². The molecule has 2 aromatic rings. The van der Waals surface area contributed by atoms with Crippen LogP contribution in [-0.2, 0) is 11.2 Å². The Kier molecular flexibility index (Phi) is 5.27. The maximum Gasteiger partial charge on any atom is 0.259 e. The topological polar surface area (TPSA) is 72.1 Å². The molecule has 1 saturated heterocycles. The van der Waals surface area contributed by atoms with Gasteiger partial charge < -0.3 is 9.42 Å². The molecule has 0 radical (unpaired) electrons. The van der Waals surface area contributed by atoms with Crippen LogP contribution in [0.15, 0.2) is 27.9 Å². The molecule has 0 aliphatic carbocycles. The van der Waals surface area contributed by atoms with E-state index in [2.05, 4.69) is 15.1 Å². The zero-order chi connectivity index (χ0) is 16.1. The molecule has 0 bridgehead atoms. The van der Waals surface area contributed by atoms with Crippen LogP contribution in [0.25, 0.3) is 11.5 Å². The maximum absolute atomic E-state index is 12.1. The predicted molar refractivity (Wildman–Crippen MR) is 88.1 cm³/mol. The van der Waals surface area contributed by atoms with Gasteiger partial charge >= 0.3 is 0 Å². The van der Waals surface area contributed by atoms with Crippen molar-refractivity contribution in [3.8, 4) is 11.5 Å². The van der Waals surface area contributed by atoms with Crippen LogP contribution in [0.4, 0.5) is 0 Å². The van der Waals surface area contributed by atoms with Gasteiger partial charge in [0.15, 0.2) is 5.82 Å². The van der Waals surface area contributed by atoms with Crippen molar-refractivity contribution in [2.75, 3.05) is 18.8 Å². The Hall–Kier alpha value is -1.89. The molecule has 0 saturated carbocycles. The third-order valence-corrected chi connectivity index (χ3v) is 4.75. The van der Waals surface area contributed by atoms with Gasteiger partial charge in [0.25, 0.3) is 5.89 Å². The van der Waals surface area contributed by atoms with Crippen LogP contribution in [0, 0.1) is 0 Å². The van der Waals surface area contributed by atoms with Crippen molar-refractivity contribution in [1.82, 2.24) is 20.0 Å². The Labute approximate surface area is 139 Å². The summed E-state index contributed by atoms with van der Waals surface area (Å²) in [5.41, 5.74) is 0.795. The maximum atomic E-state index is 12.1. The standard InChI is InChI=1S/C16H20N4O2S/c1-2-13-18-16(22-19-13)12-6-7-14(17-10-12)23-11-15(21)20-8-4-3-5-9-20/h6-7,10H,2-5,8-9,11H2,1H3. The van der Waals surface area contributed by atoms with Crippen LogP contribution in [0.3, 0.4) is 0 Å². The average Bonchev–Trinajstić information content (AvgIpc) is 3.10. The number of thioether (sulfide) groups is 1. The van der Waals surface area contributed by atoms with Crippen LogP contribution in [0.1, 0.15) is 32.0 Å². The second-order valence-electron chi connectivity index (χ2n) is 5.48. The lowest BCUT2D eigenvalue weighted by Gasteiger charge is -2.26. The van der Waals surface area contributed by atoms with Gasteiger partial charge in [-0.3, -0.25) is 4.79 Å². The molecule has 3 rings (SSSR count). The SMILES string of the molecule is CCc1noc(-c2ccc(SCC(=O)N3CCCCC3)nc2)n1. The van der Waals surface area contributed by atoms with E-state index < -0.39 is 0 Å². The lowest BCUT2D eigenvalue weighted by molar-refractivity contribution is -0.129. The Morgan fingerprint density at radius 1 is 1.30 bits per heavy atom. The molecule has 1 amide bonds. The zero-order valence-electron chi connectivity index (χ0n) is 13.2. The van der Waals surface area contributed by atoms with Crippen LogP contribution in [0.5, 0.6) is 0 Å². The molecule has 3 heterocycles. The first kappa shape index (κ1) is 16.0. The Morgan fingerprint density at radius 2 is 2.13 bits per heavy atom. The van der Waals surface area contributed by atoms with E-state index in [4.69, 9.17) is 4.52 Å². The van der Waals surface area contributed by atoms with Gasteiger partial charge in [-0.05, 0) is 31.4 Å². The van der Waals surface area contributed by atoms with E-state index in [1.807, 2.05) is 24.0 Å². The summed E-state index contributed by atoms with van der Waals surface area (Å²) in [5.74, 6) is 1.80. The molecule has 0 atom stereocenters. The quantitative estimate of drug-likeness (QED) is 0.784. The first-order chi connectivity index (χ1) is 11.3. The summed E-state index contributed by atoms with van der Waals surface area (Å²) in [6, 6.07) is 3.78. The van der Waals surface area contributed by atoms with Crippen LogP contribution in [0.2, 0.25) is 0 Å². The second kappa shape index (κ2) is 7.59. The number of rotatable bonds is 5. The van der Waals surface area contributed by atoms with E-state index >= 15 is 0 Å². The molecule has 2 aromatic heterocycles. The van der Waals surface area contributed by atoms with Crippen LogP contribution >= 0.6 is 11.8 Å². The molecular formula is C16H20N4O2S. The molecular weight excluding hydrogens is 312 g/mol. The van der Waals surface area contributed by atoms with Crippen molar-refractivity contribution in [2.24, 2.45) is 0 Å². The van der Waals surface area contributed by atoms with Crippen LogP contribution in [-0.4, -0.2) is 44.8 Å². The third-order valence-electron chi connectivity index (χ3n) is 3.82. The number of piperidine rings is 1. The molecule has 7 heteroatoms. The van der Waals surface area contributed by atoms with Gasteiger partial charge in [-0.2, -0.15) is 4.98 Å². The molecule has 1 aliphatic heterocycles. The molecule has 0 spiro atoms. The highest BCUT2D eigenvalue weighted by atomic mass is 32.2. The number of carbonyl (C=O) groups is 1. The lowest BCUT2D eigenvalue weighted by atomic mass is 10.1. The summed E-state index contributed by atoms with van der Waals surface area (Å²) in [4.78, 5) is 22.7. The number of aryl methyl sites for hydroxylation is 1. The fourth-order valence-corrected chi connectivity index (χ4v) is 3.22. The van der Waals surface area contributed by atoms with Crippen molar-refractivity contribution in [3.63, 3.8) is 0 Å². The van der Waals surface area contributed by atoms with Crippen molar-refractivity contribution in [3.05, 3.63) is 24.2 Å². The highest BCUT2D eigenvalue weighted by Gasteiger charge is 2.16. The Balaban J connectivity index is 1.55. The van der Waals surface area contributed by atoms with Crippen molar-refractivity contribution in [2.45, 2.75) is 37.6 Å². The number of nitrogens with zero attached hydrogens (tertiary/aromatic N) is 4. The summed E-state index contributed by atoms with van der Waals surface area (Å²) in [7, 11) is 0. The predicted octanol–water partition coefficient (Wildman–Crippen LogP) is 2.80. The normalized spacial score (nSPS) is 14.9. The van der Waals surface area contributed by atoms with Gasteiger partial charge in [-0.1, -0.05) is 23.8 Å². The molecule has 6 nitrogen and oxygen atoms in total. The minimum absolute atomic E-state index is 0.199. The number of hydrogen-bond acceptors (Lipinski definition) is 6. The summed E-state index contributed by atoms with van der Waals surface area (Å²) in [6.07, 6.45) is 5.92. The highest BCUT2D eigenvalue weighted by Crippen LogP contribution is 2.21. The van der Waals surface area contributed by atoms with E-state index in [0.29, 0.717) is 17.5 Å². The molecule has 0 aromatic carbocycles. The summed E-state index contributed by atoms with van der Waals surface area (Å²) in [5, 5.41) is 4.70. The van der Waals surface area contributed by atoms with E-state index in [0.717, 1.165) is 42.9 Å². The molecule has 23 heavy (non-hydrogen) atoms. The van der Waals surface area contributed by atoms with E-state index in [9.17, 15) is 4.79 Å². The number of likely N-dealkylation sites (tertiary alicyclic amines) is 1. The van der Waals surface area contributed by atoms with Crippen LogP contribution < -0.4 is 0 Å². The molecule has 0 N–H and O–H groups in total. The largest absolute Gasteiger partial charge is 0.342 e. The minimum Gasteiger partial charge on any atom is -0.342 e. The molecule has 0 unspecified atom stereocenters. The van der Waals surface area contributed by atoms with E-state index in [-0.39, 0.29) is 5.91 Å². The lowest BCUT2D eigenvalue weighted by Crippen LogP contribution is -2.36.